The molecule has 1 amide bonds. The number of aryl methyl sites for hydroxylation is 2. The number of carbonyl (C=O) groups excluding carboxylic acids is 1. The van der Waals surface area contributed by atoms with Gasteiger partial charge in [0.1, 0.15) is 5.82 Å². The molecule has 0 saturated heterocycles. The molecular weight excluding hydrogens is 262 g/mol. The average Bonchev–Trinajstić information content (AvgIpc) is 3.14. The molecule has 1 heterocycles. The number of benzene rings is 1. The molecule has 3 rings (SSSR count). The Morgan fingerprint density at radius 3 is 2.71 bits per heavy atom. The highest BCUT2D eigenvalue weighted by Gasteiger charge is 2.50. The summed E-state index contributed by atoms with van der Waals surface area (Å²) >= 11 is 0. The number of aromatic nitrogens is 2. The van der Waals surface area contributed by atoms with Crippen LogP contribution >= 0.6 is 0 Å². The highest BCUT2D eigenvalue weighted by atomic mass is 16.2. The van der Waals surface area contributed by atoms with E-state index in [2.05, 4.69) is 46.5 Å². The molecule has 110 valence electrons. The standard InChI is InChI=1S/C17H21N3O/c1-13-4-6-14(7-5-13)17(8-9-17)16(21)20-10-2-3-15-18-11-12-19-15/h4-7,11-12H,2-3,8-10H2,1H3,(H,18,19)(H,20,21). The van der Waals surface area contributed by atoms with Gasteiger partial charge in [-0.25, -0.2) is 4.98 Å². The van der Waals surface area contributed by atoms with Crippen LogP contribution in [-0.4, -0.2) is 22.4 Å². The van der Waals surface area contributed by atoms with Crippen molar-refractivity contribution >= 4 is 5.91 Å². The number of imidazole rings is 1. The maximum Gasteiger partial charge on any atom is 0.230 e. The summed E-state index contributed by atoms with van der Waals surface area (Å²) in [5, 5.41) is 3.08. The topological polar surface area (TPSA) is 57.8 Å². The Kier molecular flexibility index (Phi) is 3.78. The van der Waals surface area contributed by atoms with E-state index in [4.69, 9.17) is 0 Å². The quantitative estimate of drug-likeness (QED) is 0.800. The van der Waals surface area contributed by atoms with Crippen molar-refractivity contribution in [3.63, 3.8) is 0 Å². The first-order valence-corrected chi connectivity index (χ1v) is 7.54. The molecule has 1 saturated carbocycles. The van der Waals surface area contributed by atoms with E-state index in [0.29, 0.717) is 6.54 Å². The van der Waals surface area contributed by atoms with Crippen LogP contribution in [0.4, 0.5) is 0 Å². The maximum atomic E-state index is 12.4. The Balaban J connectivity index is 1.52. The van der Waals surface area contributed by atoms with Crippen molar-refractivity contribution in [2.45, 2.75) is 38.0 Å². The van der Waals surface area contributed by atoms with Crippen LogP contribution in [-0.2, 0) is 16.6 Å². The predicted octanol–water partition coefficient (Wildman–Crippen LogP) is 2.50. The summed E-state index contributed by atoms with van der Waals surface area (Å²) in [6, 6.07) is 8.34. The van der Waals surface area contributed by atoms with Crippen LogP contribution < -0.4 is 5.32 Å². The molecule has 0 radical (unpaired) electrons. The largest absolute Gasteiger partial charge is 0.355 e. The summed E-state index contributed by atoms with van der Waals surface area (Å²) < 4.78 is 0. The Bertz CT molecular complexity index is 597. The van der Waals surface area contributed by atoms with Crippen molar-refractivity contribution in [3.8, 4) is 0 Å². The number of amides is 1. The average molecular weight is 283 g/mol. The van der Waals surface area contributed by atoms with E-state index < -0.39 is 0 Å². The molecule has 0 aliphatic heterocycles. The zero-order chi connectivity index (χ0) is 14.7. The second-order valence-corrected chi connectivity index (χ2v) is 5.84. The van der Waals surface area contributed by atoms with Crippen LogP contribution in [0.25, 0.3) is 0 Å². The van der Waals surface area contributed by atoms with Crippen LogP contribution in [0.2, 0.25) is 0 Å². The lowest BCUT2D eigenvalue weighted by Crippen LogP contribution is -2.35. The lowest BCUT2D eigenvalue weighted by Gasteiger charge is -2.16. The summed E-state index contributed by atoms with van der Waals surface area (Å²) in [7, 11) is 0. The second-order valence-electron chi connectivity index (χ2n) is 5.84. The number of rotatable bonds is 6. The van der Waals surface area contributed by atoms with Crippen molar-refractivity contribution in [3.05, 3.63) is 53.6 Å². The Morgan fingerprint density at radius 1 is 1.33 bits per heavy atom. The smallest absolute Gasteiger partial charge is 0.230 e. The first-order valence-electron chi connectivity index (χ1n) is 7.54. The summed E-state index contributed by atoms with van der Waals surface area (Å²) in [5.41, 5.74) is 2.11. The zero-order valence-corrected chi connectivity index (χ0v) is 12.4. The minimum atomic E-state index is -0.265. The van der Waals surface area contributed by atoms with E-state index in [9.17, 15) is 4.79 Å². The van der Waals surface area contributed by atoms with Gasteiger partial charge < -0.3 is 10.3 Å². The molecule has 2 N–H and O–H groups in total. The molecule has 0 bridgehead atoms. The van der Waals surface area contributed by atoms with E-state index in [1.807, 2.05) is 6.20 Å². The van der Waals surface area contributed by atoms with Gasteiger partial charge in [0, 0.05) is 25.4 Å². The fourth-order valence-electron chi connectivity index (χ4n) is 2.71. The van der Waals surface area contributed by atoms with Gasteiger partial charge in [-0.05, 0) is 31.7 Å². The molecule has 2 aromatic rings. The Morgan fingerprint density at radius 2 is 2.10 bits per heavy atom. The minimum Gasteiger partial charge on any atom is -0.355 e. The lowest BCUT2D eigenvalue weighted by atomic mass is 9.94. The second kappa shape index (κ2) is 5.72. The SMILES string of the molecule is Cc1ccc(C2(C(=O)NCCCc3ncc[nH]3)CC2)cc1. The number of nitrogens with one attached hydrogen (secondary N) is 2. The molecule has 1 aliphatic carbocycles. The molecule has 0 unspecified atom stereocenters. The van der Waals surface area contributed by atoms with Crippen molar-refractivity contribution in [2.75, 3.05) is 6.54 Å². The number of aromatic amines is 1. The zero-order valence-electron chi connectivity index (χ0n) is 12.4. The van der Waals surface area contributed by atoms with Gasteiger partial charge >= 0.3 is 0 Å². The van der Waals surface area contributed by atoms with Gasteiger partial charge in [-0.15, -0.1) is 0 Å². The lowest BCUT2D eigenvalue weighted by molar-refractivity contribution is -0.123. The van der Waals surface area contributed by atoms with E-state index in [-0.39, 0.29) is 11.3 Å². The fraction of sp³-hybridized carbons (Fsp3) is 0.412. The molecule has 21 heavy (non-hydrogen) atoms. The number of nitrogens with zero attached hydrogens (tertiary/aromatic N) is 1. The highest BCUT2D eigenvalue weighted by molar-refractivity contribution is 5.91. The van der Waals surface area contributed by atoms with E-state index >= 15 is 0 Å². The van der Waals surface area contributed by atoms with E-state index in [1.54, 1.807) is 6.20 Å². The van der Waals surface area contributed by atoms with Crippen LogP contribution in [0.5, 0.6) is 0 Å². The first kappa shape index (κ1) is 13.9. The Labute approximate surface area is 125 Å². The third-order valence-electron chi connectivity index (χ3n) is 4.22. The molecule has 1 aliphatic rings. The third kappa shape index (κ3) is 2.99. The van der Waals surface area contributed by atoms with Crippen LogP contribution in [0.15, 0.2) is 36.7 Å². The molecule has 1 fully saturated rings. The fourth-order valence-corrected chi connectivity index (χ4v) is 2.71. The number of carbonyl (C=O) groups is 1. The molecule has 4 heteroatoms. The molecule has 4 nitrogen and oxygen atoms in total. The van der Waals surface area contributed by atoms with Crippen LogP contribution in [0.1, 0.15) is 36.2 Å². The van der Waals surface area contributed by atoms with Crippen molar-refractivity contribution in [1.82, 2.24) is 15.3 Å². The molecular formula is C17H21N3O. The van der Waals surface area contributed by atoms with Crippen molar-refractivity contribution in [2.24, 2.45) is 0 Å². The van der Waals surface area contributed by atoms with Gasteiger partial charge in [0.25, 0.3) is 0 Å². The van der Waals surface area contributed by atoms with Gasteiger partial charge in [0.15, 0.2) is 0 Å². The third-order valence-corrected chi connectivity index (χ3v) is 4.22. The predicted molar refractivity (Wildman–Crippen MR) is 82.0 cm³/mol. The minimum absolute atomic E-state index is 0.172. The van der Waals surface area contributed by atoms with Gasteiger partial charge in [-0.2, -0.15) is 0 Å². The Hall–Kier alpha value is -2.10. The van der Waals surface area contributed by atoms with Gasteiger partial charge in [0.05, 0.1) is 5.41 Å². The van der Waals surface area contributed by atoms with Gasteiger partial charge in [-0.3, -0.25) is 4.79 Å². The van der Waals surface area contributed by atoms with E-state index in [1.165, 1.54) is 5.56 Å². The number of H-pyrrole nitrogens is 1. The summed E-state index contributed by atoms with van der Waals surface area (Å²) in [6.07, 6.45) is 7.27. The molecule has 0 atom stereocenters. The van der Waals surface area contributed by atoms with E-state index in [0.717, 1.165) is 37.1 Å². The number of hydrogen-bond donors (Lipinski definition) is 2. The summed E-state index contributed by atoms with van der Waals surface area (Å²) in [6.45, 7) is 2.77. The first-order chi connectivity index (χ1) is 10.2. The summed E-state index contributed by atoms with van der Waals surface area (Å²) in [4.78, 5) is 19.7. The highest BCUT2D eigenvalue weighted by Crippen LogP contribution is 2.48. The molecule has 1 aromatic carbocycles. The monoisotopic (exact) mass is 283 g/mol. The van der Waals surface area contributed by atoms with Gasteiger partial charge in [0.2, 0.25) is 5.91 Å². The van der Waals surface area contributed by atoms with Crippen LogP contribution in [0.3, 0.4) is 0 Å². The summed E-state index contributed by atoms with van der Waals surface area (Å²) in [5.74, 6) is 1.15. The van der Waals surface area contributed by atoms with Crippen molar-refractivity contribution < 1.29 is 4.79 Å². The number of hydrogen-bond acceptors (Lipinski definition) is 2. The van der Waals surface area contributed by atoms with Gasteiger partial charge in [-0.1, -0.05) is 29.8 Å². The normalized spacial score (nSPS) is 15.7. The van der Waals surface area contributed by atoms with Crippen LogP contribution in [0, 0.1) is 6.92 Å². The molecule has 1 aromatic heterocycles. The molecule has 0 spiro atoms. The van der Waals surface area contributed by atoms with Crippen molar-refractivity contribution in [1.29, 1.82) is 0 Å². The maximum absolute atomic E-state index is 12.4.